The van der Waals surface area contributed by atoms with Gasteiger partial charge in [-0.1, -0.05) is 11.6 Å². The maximum absolute atomic E-state index is 6.05. The first-order valence-electron chi connectivity index (χ1n) is 6.69. The van der Waals surface area contributed by atoms with Crippen LogP contribution in [0, 0.1) is 0 Å². The van der Waals surface area contributed by atoms with E-state index in [9.17, 15) is 0 Å². The van der Waals surface area contributed by atoms with Crippen LogP contribution in [0.2, 0.25) is 5.02 Å². The quantitative estimate of drug-likeness (QED) is 0.867. The van der Waals surface area contributed by atoms with Crippen LogP contribution in [0.25, 0.3) is 10.9 Å². The lowest BCUT2D eigenvalue weighted by Crippen LogP contribution is -2.54. The van der Waals surface area contributed by atoms with E-state index in [1.165, 1.54) is 11.1 Å². The summed E-state index contributed by atoms with van der Waals surface area (Å²) in [4.78, 5) is 6.87. The van der Waals surface area contributed by atoms with Gasteiger partial charge in [-0.3, -0.25) is 4.98 Å². The zero-order valence-corrected chi connectivity index (χ0v) is 12.0. The highest BCUT2D eigenvalue weighted by Crippen LogP contribution is 2.29. The minimum atomic E-state index is 0.484. The smallest absolute Gasteiger partial charge is 0.0737 e. The first kappa shape index (κ1) is 12.7. The zero-order valence-electron chi connectivity index (χ0n) is 11.2. The molecule has 1 aromatic heterocycles. The molecule has 1 N–H and O–H groups in total. The molecule has 1 aromatic carbocycles. The molecule has 19 heavy (non-hydrogen) atoms. The Kier molecular flexibility index (Phi) is 3.33. The van der Waals surface area contributed by atoms with Crippen LogP contribution in [0.1, 0.15) is 13.8 Å². The Morgan fingerprint density at radius 1 is 1.32 bits per heavy atom. The molecule has 0 bridgehead atoms. The van der Waals surface area contributed by atoms with Crippen LogP contribution in [0.4, 0.5) is 5.69 Å². The molecular weight excluding hydrogens is 258 g/mol. The third kappa shape index (κ3) is 2.40. The number of hydrogen-bond acceptors (Lipinski definition) is 3. The van der Waals surface area contributed by atoms with E-state index in [0.29, 0.717) is 12.1 Å². The number of nitrogens with one attached hydrogen (secondary N) is 1. The predicted molar refractivity (Wildman–Crippen MR) is 81.0 cm³/mol. The normalized spacial score (nSPS) is 23.8. The fraction of sp³-hybridized carbons (Fsp3) is 0.400. The second-order valence-corrected chi connectivity index (χ2v) is 5.74. The van der Waals surface area contributed by atoms with Crippen molar-refractivity contribution < 1.29 is 0 Å². The molecule has 1 aliphatic heterocycles. The Balaban J connectivity index is 2.09. The summed E-state index contributed by atoms with van der Waals surface area (Å²) in [7, 11) is 0. The van der Waals surface area contributed by atoms with E-state index in [1.54, 1.807) is 0 Å². The van der Waals surface area contributed by atoms with Crippen molar-refractivity contribution in [3.05, 3.63) is 35.5 Å². The monoisotopic (exact) mass is 275 g/mol. The molecule has 0 aliphatic carbocycles. The van der Waals surface area contributed by atoms with E-state index in [0.717, 1.165) is 23.6 Å². The van der Waals surface area contributed by atoms with Crippen LogP contribution >= 0.6 is 11.6 Å². The number of hydrogen-bond donors (Lipinski definition) is 1. The predicted octanol–water partition coefficient (Wildman–Crippen LogP) is 3.07. The molecule has 1 saturated heterocycles. The van der Waals surface area contributed by atoms with Crippen LogP contribution in [-0.2, 0) is 0 Å². The Morgan fingerprint density at radius 2 is 2.16 bits per heavy atom. The topological polar surface area (TPSA) is 28.2 Å². The summed E-state index contributed by atoms with van der Waals surface area (Å²) in [6.45, 7) is 6.50. The maximum Gasteiger partial charge on any atom is 0.0737 e. The van der Waals surface area contributed by atoms with E-state index in [2.05, 4.69) is 41.2 Å². The van der Waals surface area contributed by atoms with E-state index in [4.69, 9.17) is 11.6 Å². The van der Waals surface area contributed by atoms with Crippen LogP contribution in [0.3, 0.4) is 0 Å². The molecule has 3 rings (SSSR count). The van der Waals surface area contributed by atoms with Gasteiger partial charge in [0, 0.05) is 47.5 Å². The van der Waals surface area contributed by atoms with Gasteiger partial charge in [0.25, 0.3) is 0 Å². The Hall–Kier alpha value is -1.32. The summed E-state index contributed by atoms with van der Waals surface area (Å²) in [5.74, 6) is 0. The molecule has 2 atom stereocenters. The number of piperazine rings is 1. The summed E-state index contributed by atoms with van der Waals surface area (Å²) in [5.41, 5.74) is 2.21. The largest absolute Gasteiger partial charge is 0.365 e. The second kappa shape index (κ2) is 4.99. The number of nitrogens with zero attached hydrogens (tertiary/aromatic N) is 2. The fourth-order valence-corrected chi connectivity index (χ4v) is 2.88. The van der Waals surface area contributed by atoms with Gasteiger partial charge >= 0.3 is 0 Å². The van der Waals surface area contributed by atoms with Gasteiger partial charge in [-0.05, 0) is 38.1 Å². The molecule has 1 aliphatic rings. The van der Waals surface area contributed by atoms with Crippen molar-refractivity contribution in [3.63, 3.8) is 0 Å². The lowest BCUT2D eigenvalue weighted by molar-refractivity contribution is 0.426. The lowest BCUT2D eigenvalue weighted by Gasteiger charge is -2.39. The second-order valence-electron chi connectivity index (χ2n) is 5.30. The fourth-order valence-electron chi connectivity index (χ4n) is 2.71. The summed E-state index contributed by atoms with van der Waals surface area (Å²) in [6, 6.07) is 9.02. The van der Waals surface area contributed by atoms with Gasteiger partial charge in [-0.15, -0.1) is 0 Å². The van der Waals surface area contributed by atoms with Crippen molar-refractivity contribution >= 4 is 28.2 Å². The van der Waals surface area contributed by atoms with Gasteiger partial charge in [0.2, 0.25) is 0 Å². The summed E-state index contributed by atoms with van der Waals surface area (Å²) >= 11 is 6.05. The van der Waals surface area contributed by atoms with Crippen molar-refractivity contribution in [1.29, 1.82) is 0 Å². The van der Waals surface area contributed by atoms with Crippen LogP contribution < -0.4 is 10.2 Å². The Labute approximate surface area is 118 Å². The zero-order chi connectivity index (χ0) is 13.4. The van der Waals surface area contributed by atoms with Gasteiger partial charge in [-0.25, -0.2) is 0 Å². The van der Waals surface area contributed by atoms with E-state index >= 15 is 0 Å². The number of anilines is 1. The number of rotatable bonds is 1. The SMILES string of the molecule is CC1CN(c2ccnc3cc(Cl)ccc23)C(C)CN1. The lowest BCUT2D eigenvalue weighted by atomic mass is 10.1. The molecule has 0 spiro atoms. The van der Waals surface area contributed by atoms with Gasteiger partial charge in [0.15, 0.2) is 0 Å². The van der Waals surface area contributed by atoms with Crippen LogP contribution in [-0.4, -0.2) is 30.2 Å². The molecule has 2 aromatic rings. The molecular formula is C15H18ClN3. The number of aromatic nitrogens is 1. The highest BCUT2D eigenvalue weighted by atomic mass is 35.5. The van der Waals surface area contributed by atoms with Crippen LogP contribution in [0.5, 0.6) is 0 Å². The summed E-state index contributed by atoms with van der Waals surface area (Å²) < 4.78 is 0. The molecule has 2 unspecified atom stereocenters. The average molecular weight is 276 g/mol. The first-order valence-corrected chi connectivity index (χ1v) is 7.07. The van der Waals surface area contributed by atoms with Crippen molar-refractivity contribution in [3.8, 4) is 0 Å². The molecule has 1 fully saturated rings. The third-order valence-corrected chi connectivity index (χ3v) is 3.99. The summed E-state index contributed by atoms with van der Waals surface area (Å²) in [6.07, 6.45) is 1.87. The first-order chi connectivity index (χ1) is 9.15. The molecule has 0 amide bonds. The maximum atomic E-state index is 6.05. The number of fused-ring (bicyclic) bond motifs is 1. The molecule has 4 heteroatoms. The van der Waals surface area contributed by atoms with Gasteiger partial charge in [-0.2, -0.15) is 0 Å². The molecule has 0 saturated carbocycles. The molecule has 3 nitrogen and oxygen atoms in total. The van der Waals surface area contributed by atoms with E-state index < -0.39 is 0 Å². The van der Waals surface area contributed by atoms with Gasteiger partial charge < -0.3 is 10.2 Å². The van der Waals surface area contributed by atoms with E-state index in [1.807, 2.05) is 18.3 Å². The Bertz CT molecular complexity index is 599. The van der Waals surface area contributed by atoms with Crippen LogP contribution in [0.15, 0.2) is 30.5 Å². The van der Waals surface area contributed by atoms with Crippen molar-refractivity contribution in [2.45, 2.75) is 25.9 Å². The van der Waals surface area contributed by atoms with E-state index in [-0.39, 0.29) is 0 Å². The van der Waals surface area contributed by atoms with Gasteiger partial charge in [0.1, 0.15) is 0 Å². The number of halogens is 1. The summed E-state index contributed by atoms with van der Waals surface area (Å²) in [5, 5.41) is 5.42. The minimum absolute atomic E-state index is 0.484. The molecule has 2 heterocycles. The molecule has 0 radical (unpaired) electrons. The molecule has 100 valence electrons. The minimum Gasteiger partial charge on any atom is -0.365 e. The highest BCUT2D eigenvalue weighted by molar-refractivity contribution is 6.31. The highest BCUT2D eigenvalue weighted by Gasteiger charge is 2.23. The standard InChI is InChI=1S/C15H18ClN3/c1-10-9-19(11(2)8-18-10)15-5-6-17-14-7-12(16)3-4-13(14)15/h3-7,10-11,18H,8-9H2,1-2H3. The number of pyridine rings is 1. The Morgan fingerprint density at radius 3 is 3.00 bits per heavy atom. The van der Waals surface area contributed by atoms with Crippen molar-refractivity contribution in [1.82, 2.24) is 10.3 Å². The van der Waals surface area contributed by atoms with Gasteiger partial charge in [0.05, 0.1) is 5.52 Å². The van der Waals surface area contributed by atoms with Crippen molar-refractivity contribution in [2.24, 2.45) is 0 Å². The third-order valence-electron chi connectivity index (χ3n) is 3.76. The number of benzene rings is 1. The van der Waals surface area contributed by atoms with Crippen molar-refractivity contribution in [2.75, 3.05) is 18.0 Å². The average Bonchev–Trinajstić information content (AvgIpc) is 2.40.